The highest BCUT2D eigenvalue weighted by molar-refractivity contribution is 6.01. The molecule has 2 amide bonds. The summed E-state index contributed by atoms with van der Waals surface area (Å²) in [6, 6.07) is 9.32. The Bertz CT molecular complexity index is 1410. The zero-order chi connectivity index (χ0) is 25.4. The quantitative estimate of drug-likeness (QED) is 0.449. The number of carbonyl (C=O) groups is 2. The zero-order valence-electron chi connectivity index (χ0n) is 20.4. The molecule has 11 heteroatoms. The first-order valence-corrected chi connectivity index (χ1v) is 12.2. The summed E-state index contributed by atoms with van der Waals surface area (Å²) in [5.41, 5.74) is 2.74. The number of ether oxygens (including phenoxy) is 1. The van der Waals surface area contributed by atoms with Crippen LogP contribution in [0.1, 0.15) is 29.6 Å². The van der Waals surface area contributed by atoms with Crippen molar-refractivity contribution < 1.29 is 14.3 Å². The van der Waals surface area contributed by atoms with Crippen LogP contribution >= 0.6 is 0 Å². The Morgan fingerprint density at radius 3 is 2.59 bits per heavy atom. The van der Waals surface area contributed by atoms with Crippen molar-refractivity contribution in [1.82, 2.24) is 34.8 Å². The molecule has 3 aromatic heterocycles. The number of piperidine rings is 1. The molecule has 4 aromatic rings. The number of aromatic amines is 1. The van der Waals surface area contributed by atoms with Gasteiger partial charge in [-0.2, -0.15) is 10.2 Å². The third kappa shape index (κ3) is 4.02. The number of carbonyl (C=O) groups excluding carboxylic acids is 2. The Kier molecular flexibility index (Phi) is 5.67. The second-order valence-electron chi connectivity index (χ2n) is 9.40. The third-order valence-corrected chi connectivity index (χ3v) is 7.47. The van der Waals surface area contributed by atoms with Crippen LogP contribution in [0, 0.1) is 5.41 Å². The number of pyridine rings is 1. The molecular formula is C26H26N8O3. The number of anilines is 1. The van der Waals surface area contributed by atoms with E-state index in [1.165, 1.54) is 11.0 Å². The second-order valence-corrected chi connectivity index (χ2v) is 9.40. The number of methoxy groups -OCH3 is 1. The monoisotopic (exact) mass is 498 g/mol. The van der Waals surface area contributed by atoms with Crippen molar-refractivity contribution in [2.75, 3.05) is 31.6 Å². The normalized spacial score (nSPS) is 16.9. The van der Waals surface area contributed by atoms with Gasteiger partial charge < -0.3 is 14.5 Å². The lowest BCUT2D eigenvalue weighted by Crippen LogP contribution is -2.46. The minimum Gasteiger partial charge on any atom is -0.496 e. The van der Waals surface area contributed by atoms with E-state index in [1.54, 1.807) is 38.0 Å². The molecule has 0 bridgehead atoms. The van der Waals surface area contributed by atoms with E-state index in [0.29, 0.717) is 49.6 Å². The Hall–Kier alpha value is -4.54. The van der Waals surface area contributed by atoms with Gasteiger partial charge in [0.05, 0.1) is 24.3 Å². The van der Waals surface area contributed by atoms with E-state index in [4.69, 9.17) is 4.74 Å². The summed E-state index contributed by atoms with van der Waals surface area (Å²) >= 11 is 0. The summed E-state index contributed by atoms with van der Waals surface area (Å²) in [5, 5.41) is 10.9. The van der Waals surface area contributed by atoms with Crippen LogP contribution in [-0.2, 0) is 4.79 Å². The molecule has 6 rings (SSSR count). The maximum Gasteiger partial charge on any atom is 0.255 e. The number of nitrogens with zero attached hydrogens (tertiary/aromatic N) is 7. The van der Waals surface area contributed by atoms with Gasteiger partial charge in [0.15, 0.2) is 5.82 Å². The Morgan fingerprint density at radius 1 is 1.08 bits per heavy atom. The smallest absolute Gasteiger partial charge is 0.255 e. The molecule has 0 atom stereocenters. The van der Waals surface area contributed by atoms with Gasteiger partial charge in [-0.15, -0.1) is 0 Å². The van der Waals surface area contributed by atoms with Crippen LogP contribution in [0.5, 0.6) is 5.75 Å². The molecule has 2 aliphatic heterocycles. The summed E-state index contributed by atoms with van der Waals surface area (Å²) in [5.74, 6) is 1.33. The third-order valence-electron chi connectivity index (χ3n) is 7.47. The first-order chi connectivity index (χ1) is 18.1. The molecule has 1 aromatic carbocycles. The van der Waals surface area contributed by atoms with Crippen molar-refractivity contribution in [2.24, 2.45) is 5.41 Å². The molecule has 2 saturated heterocycles. The molecule has 0 saturated carbocycles. The van der Waals surface area contributed by atoms with Gasteiger partial charge in [0.25, 0.3) is 5.91 Å². The number of rotatable bonds is 5. The van der Waals surface area contributed by atoms with Crippen LogP contribution in [0.25, 0.3) is 16.9 Å². The lowest BCUT2D eigenvalue weighted by atomic mass is 9.77. The van der Waals surface area contributed by atoms with Crippen molar-refractivity contribution in [3.8, 4) is 22.7 Å². The van der Waals surface area contributed by atoms with Crippen LogP contribution in [0.4, 0.5) is 5.69 Å². The minimum atomic E-state index is -0.442. The number of likely N-dealkylation sites (tertiary alicyclic amines) is 1. The molecule has 1 N–H and O–H groups in total. The number of aromatic nitrogens is 6. The summed E-state index contributed by atoms with van der Waals surface area (Å²) in [4.78, 5) is 38.7. The van der Waals surface area contributed by atoms with E-state index in [-0.39, 0.29) is 11.8 Å². The van der Waals surface area contributed by atoms with Gasteiger partial charge in [-0.1, -0.05) is 0 Å². The maximum atomic E-state index is 13.6. The Morgan fingerprint density at radius 2 is 1.92 bits per heavy atom. The lowest BCUT2D eigenvalue weighted by Gasteiger charge is -2.38. The number of hydrogen-bond donors (Lipinski definition) is 1. The lowest BCUT2D eigenvalue weighted by molar-refractivity contribution is -0.127. The van der Waals surface area contributed by atoms with E-state index in [0.717, 1.165) is 23.2 Å². The summed E-state index contributed by atoms with van der Waals surface area (Å²) in [6.45, 7) is 1.71. The van der Waals surface area contributed by atoms with Crippen LogP contribution < -0.4 is 9.64 Å². The number of nitrogens with one attached hydrogen (secondary N) is 1. The van der Waals surface area contributed by atoms with Crippen molar-refractivity contribution in [3.05, 3.63) is 67.1 Å². The fourth-order valence-electron chi connectivity index (χ4n) is 5.31. The molecule has 0 unspecified atom stereocenters. The molecule has 11 nitrogen and oxygen atoms in total. The van der Waals surface area contributed by atoms with Crippen molar-refractivity contribution in [1.29, 1.82) is 0 Å². The molecule has 1 spiro atoms. The summed E-state index contributed by atoms with van der Waals surface area (Å²) in [6.07, 6.45) is 10.2. The number of hydrogen-bond acceptors (Lipinski definition) is 7. The Labute approximate surface area is 213 Å². The van der Waals surface area contributed by atoms with Crippen LogP contribution in [0.15, 0.2) is 61.6 Å². The van der Waals surface area contributed by atoms with E-state index in [1.807, 2.05) is 34.2 Å². The van der Waals surface area contributed by atoms with Crippen molar-refractivity contribution in [2.45, 2.75) is 19.3 Å². The van der Waals surface area contributed by atoms with Crippen LogP contribution in [-0.4, -0.2) is 73.4 Å². The molecule has 0 radical (unpaired) electrons. The highest BCUT2D eigenvalue weighted by Gasteiger charge is 2.49. The average Bonchev–Trinajstić information content (AvgIpc) is 3.72. The van der Waals surface area contributed by atoms with Gasteiger partial charge in [-0.3, -0.25) is 14.7 Å². The predicted octanol–water partition coefficient (Wildman–Crippen LogP) is 2.72. The molecule has 5 heterocycles. The highest BCUT2D eigenvalue weighted by Crippen LogP contribution is 2.44. The zero-order valence-corrected chi connectivity index (χ0v) is 20.4. The summed E-state index contributed by atoms with van der Waals surface area (Å²) in [7, 11) is 1.63. The number of benzene rings is 1. The molecule has 2 aliphatic rings. The highest BCUT2D eigenvalue weighted by atomic mass is 16.5. The second kappa shape index (κ2) is 9.16. The van der Waals surface area contributed by atoms with Crippen molar-refractivity contribution in [3.63, 3.8) is 0 Å². The fraction of sp³-hybridized carbons (Fsp3) is 0.308. The molecule has 37 heavy (non-hydrogen) atoms. The van der Waals surface area contributed by atoms with E-state index in [2.05, 4.69) is 25.3 Å². The van der Waals surface area contributed by atoms with Gasteiger partial charge in [0, 0.05) is 54.9 Å². The van der Waals surface area contributed by atoms with Gasteiger partial charge in [-0.25, -0.2) is 14.6 Å². The van der Waals surface area contributed by atoms with Gasteiger partial charge in [-0.05, 0) is 43.5 Å². The standard InChI is InChI=1S/C26H26N8O3/c1-37-22-12-20(3-4-21(22)19-14-29-30-15-19)33-11-8-26(25(33)36)6-9-32(10-7-26)24(35)18-2-5-23(28-13-18)34-17-27-16-31-34/h2-5,12-17H,6-11H2,1H3,(H,29,30). The molecule has 188 valence electrons. The summed E-state index contributed by atoms with van der Waals surface area (Å²) < 4.78 is 7.15. The molecule has 0 aliphatic carbocycles. The predicted molar refractivity (Wildman–Crippen MR) is 134 cm³/mol. The maximum absolute atomic E-state index is 13.6. The van der Waals surface area contributed by atoms with Crippen molar-refractivity contribution >= 4 is 17.5 Å². The van der Waals surface area contributed by atoms with E-state index >= 15 is 0 Å². The molecule has 2 fully saturated rings. The first kappa shape index (κ1) is 22.9. The van der Waals surface area contributed by atoms with Gasteiger partial charge in [0.2, 0.25) is 5.91 Å². The Balaban J connectivity index is 1.13. The van der Waals surface area contributed by atoms with E-state index < -0.39 is 5.41 Å². The number of H-pyrrole nitrogens is 1. The largest absolute Gasteiger partial charge is 0.496 e. The fourth-order valence-corrected chi connectivity index (χ4v) is 5.31. The number of amides is 2. The van der Waals surface area contributed by atoms with Crippen LogP contribution in [0.3, 0.4) is 0 Å². The minimum absolute atomic E-state index is 0.0747. The van der Waals surface area contributed by atoms with Gasteiger partial charge in [0.1, 0.15) is 18.4 Å². The van der Waals surface area contributed by atoms with Crippen LogP contribution in [0.2, 0.25) is 0 Å². The molecular weight excluding hydrogens is 472 g/mol. The first-order valence-electron chi connectivity index (χ1n) is 12.2. The topological polar surface area (TPSA) is 122 Å². The van der Waals surface area contributed by atoms with E-state index in [9.17, 15) is 9.59 Å². The average molecular weight is 499 g/mol. The van der Waals surface area contributed by atoms with Gasteiger partial charge >= 0.3 is 0 Å². The SMILES string of the molecule is COc1cc(N2CCC3(CCN(C(=O)c4ccc(-n5cncn5)nc4)CC3)C2=O)ccc1-c1cn[nH]c1.